The number of aromatic nitrogens is 1. The molecule has 0 unspecified atom stereocenters. The number of hydrogen-bond donors (Lipinski definition) is 2. The molecule has 1 aromatic carbocycles. The first-order valence-electron chi connectivity index (χ1n) is 7.85. The Hall–Kier alpha value is -2.29. The molecule has 9 heteroatoms. The highest BCUT2D eigenvalue weighted by atomic mass is 35.5. The summed E-state index contributed by atoms with van der Waals surface area (Å²) < 4.78 is 1.05. The van der Waals surface area contributed by atoms with Gasteiger partial charge in [0.15, 0.2) is 10.8 Å². The molecule has 6 nitrogen and oxygen atoms in total. The van der Waals surface area contributed by atoms with Crippen LogP contribution in [0.15, 0.2) is 35.7 Å². The number of carbonyl (C=O) groups excluding carboxylic acids is 1. The fourth-order valence-electron chi connectivity index (χ4n) is 2.78. The number of fused-ring (bicyclic) bond motifs is 1. The maximum atomic E-state index is 12.6. The van der Waals surface area contributed by atoms with E-state index in [1.165, 1.54) is 11.3 Å². The van der Waals surface area contributed by atoms with E-state index >= 15 is 0 Å². The first-order chi connectivity index (χ1) is 12.5. The number of amides is 1. The van der Waals surface area contributed by atoms with Crippen molar-refractivity contribution in [3.8, 4) is 0 Å². The molecule has 1 aliphatic heterocycles. The number of carbonyl (C=O) groups is 1. The lowest BCUT2D eigenvalue weighted by atomic mass is 10.1. The zero-order valence-electron chi connectivity index (χ0n) is 13.5. The van der Waals surface area contributed by atoms with Gasteiger partial charge in [0.1, 0.15) is 10.7 Å². The Bertz CT molecular complexity index is 981. The Morgan fingerprint density at radius 1 is 1.19 bits per heavy atom. The van der Waals surface area contributed by atoms with Crippen molar-refractivity contribution in [2.75, 3.05) is 19.6 Å². The van der Waals surface area contributed by atoms with Gasteiger partial charge in [0.05, 0.1) is 11.2 Å². The summed E-state index contributed by atoms with van der Waals surface area (Å²) in [6.07, 6.45) is 0. The Morgan fingerprint density at radius 3 is 2.65 bits per heavy atom. The molecule has 0 atom stereocenters. The topological polar surface area (TPSA) is 84.1 Å². The molecule has 4 rings (SSSR count). The summed E-state index contributed by atoms with van der Waals surface area (Å²) in [6.45, 7) is 1.03. The summed E-state index contributed by atoms with van der Waals surface area (Å²) in [4.78, 5) is 21.2. The van der Waals surface area contributed by atoms with Gasteiger partial charge in [0, 0.05) is 23.7 Å². The molecule has 0 saturated carbocycles. The van der Waals surface area contributed by atoms with Crippen LogP contribution in [0.3, 0.4) is 0 Å². The number of nitrogens with zero attached hydrogens (tertiary/aromatic N) is 3. The highest BCUT2D eigenvalue weighted by molar-refractivity contribution is 7.27. The average molecular weight is 404 g/mol. The molecule has 1 fully saturated rings. The number of rotatable bonds is 2. The first kappa shape index (κ1) is 17.1. The SMILES string of the molecule is N=C1CN(C(=O)c2ccc(Cl)cc2)CCN1C(=N)c1nc2sccc2s1. The normalized spacial score (nSPS) is 14.9. The van der Waals surface area contributed by atoms with Crippen molar-refractivity contribution in [3.05, 3.63) is 51.3 Å². The van der Waals surface area contributed by atoms with Gasteiger partial charge in [0.25, 0.3) is 5.91 Å². The maximum Gasteiger partial charge on any atom is 0.254 e. The quantitative estimate of drug-likeness (QED) is 0.504. The minimum Gasteiger partial charge on any atom is -0.329 e. The molecular formula is C17H14ClN5OS2. The zero-order chi connectivity index (χ0) is 18.3. The van der Waals surface area contributed by atoms with Gasteiger partial charge in [-0.3, -0.25) is 15.6 Å². The van der Waals surface area contributed by atoms with Crippen LogP contribution in [-0.4, -0.2) is 52.0 Å². The number of benzene rings is 1. The Balaban J connectivity index is 1.47. The third-order valence-electron chi connectivity index (χ3n) is 4.13. The molecule has 1 amide bonds. The van der Waals surface area contributed by atoms with Crippen molar-refractivity contribution in [1.82, 2.24) is 14.8 Å². The number of amidine groups is 2. The van der Waals surface area contributed by atoms with E-state index in [0.29, 0.717) is 28.7 Å². The van der Waals surface area contributed by atoms with Crippen molar-refractivity contribution in [1.29, 1.82) is 10.8 Å². The maximum absolute atomic E-state index is 12.6. The van der Waals surface area contributed by atoms with E-state index in [-0.39, 0.29) is 24.1 Å². The largest absolute Gasteiger partial charge is 0.329 e. The zero-order valence-corrected chi connectivity index (χ0v) is 15.9. The monoisotopic (exact) mass is 403 g/mol. The summed E-state index contributed by atoms with van der Waals surface area (Å²) in [5, 5.41) is 19.9. The van der Waals surface area contributed by atoms with Gasteiger partial charge in [-0.05, 0) is 35.7 Å². The third-order valence-corrected chi connectivity index (χ3v) is 6.35. The van der Waals surface area contributed by atoms with Crippen LogP contribution in [0.5, 0.6) is 0 Å². The molecule has 2 aromatic heterocycles. The minimum atomic E-state index is -0.132. The number of thiophene rings is 1. The van der Waals surface area contributed by atoms with Crippen LogP contribution in [0, 0.1) is 10.8 Å². The van der Waals surface area contributed by atoms with E-state index in [2.05, 4.69) is 4.98 Å². The third kappa shape index (κ3) is 3.11. The Kier molecular flexibility index (Phi) is 4.47. The summed E-state index contributed by atoms with van der Waals surface area (Å²) in [7, 11) is 0. The van der Waals surface area contributed by atoms with E-state index in [0.717, 1.165) is 9.53 Å². The lowest BCUT2D eigenvalue weighted by Gasteiger charge is -2.35. The van der Waals surface area contributed by atoms with Crippen LogP contribution in [0.2, 0.25) is 5.02 Å². The molecule has 0 radical (unpaired) electrons. The Labute approximate surface area is 162 Å². The number of piperazine rings is 1. The molecule has 26 heavy (non-hydrogen) atoms. The van der Waals surface area contributed by atoms with Crippen LogP contribution < -0.4 is 0 Å². The summed E-state index contributed by atoms with van der Waals surface area (Å²) in [5.41, 5.74) is 0.547. The standard InChI is InChI=1S/C17H14ClN5OS2/c18-11-3-1-10(2-4-11)17(24)22-6-7-23(13(19)9-22)14(20)16-21-15-12(26-16)5-8-25-15/h1-5,8,19-20H,6-7,9H2. The van der Waals surface area contributed by atoms with E-state index in [1.807, 2.05) is 11.4 Å². The predicted molar refractivity (Wildman–Crippen MR) is 106 cm³/mol. The van der Waals surface area contributed by atoms with Gasteiger partial charge in [-0.1, -0.05) is 11.6 Å². The second kappa shape index (κ2) is 6.79. The smallest absolute Gasteiger partial charge is 0.254 e. The van der Waals surface area contributed by atoms with Crippen LogP contribution in [0.25, 0.3) is 9.53 Å². The summed E-state index contributed by atoms with van der Waals surface area (Å²) >= 11 is 8.87. The van der Waals surface area contributed by atoms with Crippen molar-refractivity contribution in [3.63, 3.8) is 0 Å². The van der Waals surface area contributed by atoms with Crippen LogP contribution in [0.4, 0.5) is 0 Å². The summed E-state index contributed by atoms with van der Waals surface area (Å²) in [6, 6.07) is 8.72. The molecule has 2 N–H and O–H groups in total. The van der Waals surface area contributed by atoms with E-state index < -0.39 is 0 Å². The van der Waals surface area contributed by atoms with Crippen LogP contribution >= 0.6 is 34.3 Å². The average Bonchev–Trinajstić information content (AvgIpc) is 3.23. The van der Waals surface area contributed by atoms with Gasteiger partial charge in [0.2, 0.25) is 0 Å². The van der Waals surface area contributed by atoms with Gasteiger partial charge in [-0.25, -0.2) is 4.98 Å². The van der Waals surface area contributed by atoms with Crippen LogP contribution in [0.1, 0.15) is 15.4 Å². The Morgan fingerprint density at radius 2 is 1.96 bits per heavy atom. The van der Waals surface area contributed by atoms with Crippen LogP contribution in [-0.2, 0) is 0 Å². The minimum absolute atomic E-state index is 0.132. The number of halogens is 1. The molecule has 132 valence electrons. The van der Waals surface area contributed by atoms with Crippen molar-refractivity contribution < 1.29 is 4.79 Å². The van der Waals surface area contributed by atoms with E-state index in [4.69, 9.17) is 22.4 Å². The molecule has 1 aliphatic rings. The second-order valence-electron chi connectivity index (χ2n) is 5.79. The van der Waals surface area contributed by atoms with Gasteiger partial charge >= 0.3 is 0 Å². The van der Waals surface area contributed by atoms with Gasteiger partial charge in [-0.15, -0.1) is 22.7 Å². The first-order valence-corrected chi connectivity index (χ1v) is 9.93. The highest BCUT2D eigenvalue weighted by Crippen LogP contribution is 2.27. The molecule has 3 heterocycles. The molecule has 1 saturated heterocycles. The van der Waals surface area contributed by atoms with Crippen molar-refractivity contribution in [2.24, 2.45) is 0 Å². The summed E-state index contributed by atoms with van der Waals surface area (Å²) in [5.74, 6) is 0.316. The molecule has 0 spiro atoms. The highest BCUT2D eigenvalue weighted by Gasteiger charge is 2.29. The number of thiazole rings is 1. The van der Waals surface area contributed by atoms with Gasteiger partial charge in [-0.2, -0.15) is 0 Å². The number of hydrogen-bond acceptors (Lipinski definition) is 6. The fourth-order valence-corrected chi connectivity index (χ4v) is 4.80. The molecule has 0 bridgehead atoms. The fraction of sp³-hybridized carbons (Fsp3) is 0.176. The molecule has 0 aliphatic carbocycles. The lowest BCUT2D eigenvalue weighted by molar-refractivity contribution is 0.0757. The van der Waals surface area contributed by atoms with Crippen molar-refractivity contribution >= 4 is 61.4 Å². The molecule has 3 aromatic rings. The second-order valence-corrected chi connectivity index (χ2v) is 8.15. The predicted octanol–water partition coefficient (Wildman–Crippen LogP) is 3.77. The van der Waals surface area contributed by atoms with E-state index in [9.17, 15) is 4.79 Å². The molecular weight excluding hydrogens is 390 g/mol. The number of nitrogens with one attached hydrogen (secondary N) is 2. The lowest BCUT2D eigenvalue weighted by Crippen LogP contribution is -2.53. The van der Waals surface area contributed by atoms with Crippen molar-refractivity contribution in [2.45, 2.75) is 0 Å². The van der Waals surface area contributed by atoms with Gasteiger partial charge < -0.3 is 9.80 Å². The van der Waals surface area contributed by atoms with E-state index in [1.54, 1.807) is 45.4 Å².